The molecule has 1 saturated heterocycles. The van der Waals surface area contributed by atoms with Gasteiger partial charge in [-0.3, -0.25) is 0 Å². The molecular formula is C19H25ClN2O4S. The second-order valence-corrected chi connectivity index (χ2v) is 10.5. The summed E-state index contributed by atoms with van der Waals surface area (Å²) in [4.78, 5) is 12.7. The van der Waals surface area contributed by atoms with Crippen LogP contribution in [-0.4, -0.2) is 51.3 Å². The molecule has 6 nitrogen and oxygen atoms in total. The molecule has 8 heteroatoms. The third-order valence-corrected chi connectivity index (χ3v) is 7.04. The molecule has 1 amide bonds. The van der Waals surface area contributed by atoms with E-state index in [2.05, 4.69) is 4.40 Å². The van der Waals surface area contributed by atoms with Crippen molar-refractivity contribution in [2.75, 3.05) is 20.2 Å². The van der Waals surface area contributed by atoms with Gasteiger partial charge in [0.1, 0.15) is 27.6 Å². The summed E-state index contributed by atoms with van der Waals surface area (Å²) < 4.78 is 22.3. The molecule has 1 aromatic carbocycles. The summed E-state index contributed by atoms with van der Waals surface area (Å²) in [5.74, 6) is 0.603. The molecule has 1 atom stereocenters. The Hall–Kier alpha value is -1.44. The number of amides is 1. The van der Waals surface area contributed by atoms with Crippen LogP contribution >= 0.6 is 11.6 Å². The molecule has 27 heavy (non-hydrogen) atoms. The van der Waals surface area contributed by atoms with E-state index in [9.17, 15) is 14.5 Å². The summed E-state index contributed by atoms with van der Waals surface area (Å²) in [5, 5.41) is 9.77. The van der Waals surface area contributed by atoms with E-state index in [1.54, 1.807) is 7.11 Å². The third-order valence-electron chi connectivity index (χ3n) is 5.35. The molecule has 3 rings (SSSR count). The van der Waals surface area contributed by atoms with Crippen molar-refractivity contribution in [1.82, 2.24) is 4.90 Å². The van der Waals surface area contributed by atoms with Crippen LogP contribution in [0.1, 0.15) is 44.7 Å². The number of hydrogen-bond acceptors (Lipinski definition) is 4. The molecule has 1 N–H and O–H groups in total. The lowest BCUT2D eigenvalue weighted by atomic mass is 9.74. The Bertz CT molecular complexity index is 783. The van der Waals surface area contributed by atoms with E-state index < -0.39 is 22.2 Å². The molecule has 148 valence electrons. The predicted molar refractivity (Wildman–Crippen MR) is 107 cm³/mol. The second kappa shape index (κ2) is 7.18. The van der Waals surface area contributed by atoms with Crippen molar-refractivity contribution in [3.63, 3.8) is 0 Å². The molecule has 0 radical (unpaired) electrons. The molecule has 1 aliphatic carbocycles. The van der Waals surface area contributed by atoms with Crippen LogP contribution in [0.25, 0.3) is 0 Å². The zero-order valence-corrected chi connectivity index (χ0v) is 17.6. The van der Waals surface area contributed by atoms with Crippen LogP contribution in [0.3, 0.4) is 0 Å². The molecule has 0 saturated carbocycles. The zero-order valence-electron chi connectivity index (χ0n) is 16.0. The molecule has 1 heterocycles. The lowest BCUT2D eigenvalue weighted by Gasteiger charge is -2.38. The lowest BCUT2D eigenvalue weighted by Crippen LogP contribution is -2.45. The summed E-state index contributed by atoms with van der Waals surface area (Å²) in [6.45, 7) is 6.56. The quantitative estimate of drug-likeness (QED) is 0.746. The Labute approximate surface area is 167 Å². The van der Waals surface area contributed by atoms with Crippen molar-refractivity contribution in [3.05, 3.63) is 28.3 Å². The predicted octanol–water partition coefficient (Wildman–Crippen LogP) is 3.92. The van der Waals surface area contributed by atoms with Crippen LogP contribution < -0.4 is 4.74 Å². The maximum absolute atomic E-state index is 12.8. The summed E-state index contributed by atoms with van der Waals surface area (Å²) in [6, 6.07) is 3.76. The highest BCUT2D eigenvalue weighted by atomic mass is 35.5. The summed E-state index contributed by atoms with van der Waals surface area (Å²) in [6.07, 6.45) is 1.12. The van der Waals surface area contributed by atoms with Crippen LogP contribution in [0.4, 0.5) is 4.79 Å². The van der Waals surface area contributed by atoms with Crippen molar-refractivity contribution >= 4 is 34.8 Å². The van der Waals surface area contributed by atoms with Gasteiger partial charge in [-0.1, -0.05) is 16.0 Å². The first-order chi connectivity index (χ1) is 12.6. The Balaban J connectivity index is 2.06. The number of nitrogens with zero attached hydrogens (tertiary/aromatic N) is 2. The monoisotopic (exact) mass is 412 g/mol. The van der Waals surface area contributed by atoms with Crippen LogP contribution in [0.2, 0.25) is 5.02 Å². The number of fused-ring (bicyclic) bond motifs is 1. The molecular weight excluding hydrogens is 388 g/mol. The summed E-state index contributed by atoms with van der Waals surface area (Å²) in [7, 11) is 1.58. The van der Waals surface area contributed by atoms with Gasteiger partial charge in [0.2, 0.25) is 0 Å². The van der Waals surface area contributed by atoms with Gasteiger partial charge in [0.15, 0.2) is 0 Å². The minimum atomic E-state index is -1.41. The Morgan fingerprint density at radius 3 is 2.52 bits per heavy atom. The number of halogens is 1. The molecule has 1 unspecified atom stereocenters. The van der Waals surface area contributed by atoms with Gasteiger partial charge in [-0.15, -0.1) is 0 Å². The van der Waals surface area contributed by atoms with E-state index in [-0.39, 0.29) is 5.41 Å². The smallest absolute Gasteiger partial charge is 0.407 e. The fourth-order valence-corrected chi connectivity index (χ4v) is 4.73. The number of methoxy groups -OCH3 is 1. The highest BCUT2D eigenvalue weighted by Crippen LogP contribution is 2.48. The first-order valence-electron chi connectivity index (χ1n) is 8.93. The molecule has 2 aliphatic rings. The molecule has 0 bridgehead atoms. The third kappa shape index (κ3) is 3.77. The maximum atomic E-state index is 12.8. The van der Waals surface area contributed by atoms with Crippen LogP contribution in [-0.2, 0) is 17.8 Å². The molecule has 0 aromatic heterocycles. The van der Waals surface area contributed by atoms with Crippen molar-refractivity contribution in [2.24, 2.45) is 9.81 Å². The number of hydrogen-bond donors (Lipinski definition) is 1. The number of carbonyl (C=O) groups is 1. The van der Waals surface area contributed by atoms with Gasteiger partial charge in [0, 0.05) is 24.1 Å². The van der Waals surface area contributed by atoms with E-state index in [1.807, 2.05) is 32.9 Å². The largest absolute Gasteiger partial charge is 0.591 e. The van der Waals surface area contributed by atoms with Gasteiger partial charge in [0.05, 0.1) is 12.1 Å². The average molecular weight is 413 g/mol. The minimum absolute atomic E-state index is 0.315. The van der Waals surface area contributed by atoms with E-state index in [0.29, 0.717) is 36.7 Å². The second-order valence-electron chi connectivity index (χ2n) is 8.17. The molecule has 1 fully saturated rings. The van der Waals surface area contributed by atoms with Gasteiger partial charge in [-0.25, -0.2) is 4.79 Å². The van der Waals surface area contributed by atoms with Crippen molar-refractivity contribution in [2.45, 2.75) is 44.8 Å². The lowest BCUT2D eigenvalue weighted by molar-refractivity contribution is 0.115. The van der Waals surface area contributed by atoms with Crippen molar-refractivity contribution < 1.29 is 19.2 Å². The normalized spacial score (nSPS) is 21.4. The number of benzene rings is 1. The van der Waals surface area contributed by atoms with E-state index in [1.165, 1.54) is 4.90 Å². The molecule has 1 aliphatic heterocycles. The Kier molecular flexibility index (Phi) is 5.40. The van der Waals surface area contributed by atoms with Crippen LogP contribution in [0.15, 0.2) is 16.5 Å². The summed E-state index contributed by atoms with van der Waals surface area (Å²) in [5.41, 5.74) is 2.44. The highest BCUT2D eigenvalue weighted by molar-refractivity contribution is 7.91. The Morgan fingerprint density at radius 1 is 1.37 bits per heavy atom. The Morgan fingerprint density at radius 2 is 2.00 bits per heavy atom. The topological polar surface area (TPSA) is 85.2 Å². The number of piperidine rings is 1. The number of likely N-dealkylation sites (tertiary alicyclic amines) is 1. The molecule has 1 spiro atoms. The zero-order chi connectivity index (χ0) is 20.0. The van der Waals surface area contributed by atoms with Crippen LogP contribution in [0.5, 0.6) is 5.75 Å². The average Bonchev–Trinajstić information content (AvgIpc) is 2.86. The number of rotatable bonds is 2. The van der Waals surface area contributed by atoms with Gasteiger partial charge < -0.3 is 19.3 Å². The molecule has 1 aromatic rings. The maximum Gasteiger partial charge on any atom is 0.407 e. The first-order valence-corrected chi connectivity index (χ1v) is 10.4. The standard InChI is InChI=1S/C19H25ClN2O4S/c1-18(2,3)27(25)21-16-13-10-14(20)15(26-4)9-12(13)11-19(16)5-7-22(8-6-19)17(23)24/h9-10H,5-8,11H2,1-4H3,(H,23,24)/b21-16+. The number of carboxylic acid groups (broad SMARTS) is 1. The fourth-order valence-electron chi connectivity index (χ4n) is 3.76. The van der Waals surface area contributed by atoms with Crippen molar-refractivity contribution in [3.8, 4) is 5.75 Å². The minimum Gasteiger partial charge on any atom is -0.591 e. The van der Waals surface area contributed by atoms with Crippen molar-refractivity contribution in [1.29, 1.82) is 0 Å². The highest BCUT2D eigenvalue weighted by Gasteiger charge is 2.48. The van der Waals surface area contributed by atoms with E-state index in [0.717, 1.165) is 23.3 Å². The van der Waals surface area contributed by atoms with Gasteiger partial charge in [-0.2, -0.15) is 0 Å². The van der Waals surface area contributed by atoms with Gasteiger partial charge in [0.25, 0.3) is 0 Å². The van der Waals surface area contributed by atoms with E-state index in [4.69, 9.17) is 16.3 Å². The van der Waals surface area contributed by atoms with Gasteiger partial charge >= 0.3 is 6.09 Å². The SMILES string of the molecule is COc1cc2c(cc1Cl)/C(=N\[S+]([O-])C(C)(C)C)C1(CCN(C(=O)O)CC1)C2. The number of ether oxygens (including phenoxy) is 1. The fraction of sp³-hybridized carbons (Fsp3) is 0.579. The van der Waals surface area contributed by atoms with E-state index >= 15 is 0 Å². The first kappa shape index (κ1) is 20.3. The summed E-state index contributed by atoms with van der Waals surface area (Å²) >= 11 is 4.94. The van der Waals surface area contributed by atoms with Crippen LogP contribution in [0, 0.1) is 5.41 Å². The van der Waals surface area contributed by atoms with Gasteiger partial charge in [-0.05, 0) is 57.7 Å².